The molecule has 0 spiro atoms. The molecule has 1 heterocycles. The lowest BCUT2D eigenvalue weighted by Crippen LogP contribution is -2.55. The molecule has 1 aliphatic heterocycles. The second-order valence-electron chi connectivity index (χ2n) is 5.67. The highest BCUT2D eigenvalue weighted by Crippen LogP contribution is 2.15. The maximum atomic E-state index is 12.1. The molecule has 1 fully saturated rings. The van der Waals surface area contributed by atoms with Crippen molar-refractivity contribution in [3.63, 3.8) is 0 Å². The van der Waals surface area contributed by atoms with Gasteiger partial charge in [0, 0.05) is 30.9 Å². The molecule has 6 heteroatoms. The van der Waals surface area contributed by atoms with Crippen molar-refractivity contribution in [3.8, 4) is 5.75 Å². The number of nitrogens with zero attached hydrogens (tertiary/aromatic N) is 1. The van der Waals surface area contributed by atoms with Gasteiger partial charge in [-0.25, -0.2) is 0 Å². The molecule has 0 radical (unpaired) electrons. The summed E-state index contributed by atoms with van der Waals surface area (Å²) < 4.78 is 5.38. The summed E-state index contributed by atoms with van der Waals surface area (Å²) in [5, 5.41) is 6.39. The molecular weight excluding hydrogens is 302 g/mol. The van der Waals surface area contributed by atoms with Crippen LogP contribution in [0.2, 0.25) is 0 Å². The number of hydrogen-bond donors (Lipinski definition) is 2. The van der Waals surface area contributed by atoms with Crippen LogP contribution in [0.3, 0.4) is 0 Å². The molecule has 1 amide bonds. The van der Waals surface area contributed by atoms with E-state index in [-0.39, 0.29) is 18.3 Å². The molecule has 0 saturated carbocycles. The monoisotopic (exact) mass is 327 g/mol. The van der Waals surface area contributed by atoms with E-state index in [0.29, 0.717) is 25.2 Å². The Morgan fingerprint density at radius 3 is 2.41 bits per heavy atom. The minimum Gasteiger partial charge on any atom is -0.494 e. The second kappa shape index (κ2) is 8.98. The van der Waals surface area contributed by atoms with E-state index in [9.17, 15) is 4.79 Å². The van der Waals surface area contributed by atoms with E-state index >= 15 is 0 Å². The van der Waals surface area contributed by atoms with Gasteiger partial charge < -0.3 is 15.4 Å². The summed E-state index contributed by atoms with van der Waals surface area (Å²) in [7, 11) is 0. The third-order valence-corrected chi connectivity index (χ3v) is 3.45. The smallest absolute Gasteiger partial charge is 0.238 e. The molecule has 1 aliphatic rings. The number of halogens is 1. The third-order valence-electron chi connectivity index (χ3n) is 3.45. The van der Waals surface area contributed by atoms with Gasteiger partial charge in [0.25, 0.3) is 0 Å². The Labute approximate surface area is 138 Å². The Kier molecular flexibility index (Phi) is 7.65. The van der Waals surface area contributed by atoms with E-state index in [1.807, 2.05) is 31.2 Å². The number of amides is 1. The SMILES string of the molecule is CCOc1ccc(NC(=O)CN2CC(C)NC(C)C2)cc1.Cl. The van der Waals surface area contributed by atoms with Crippen LogP contribution < -0.4 is 15.4 Å². The van der Waals surface area contributed by atoms with Crippen LogP contribution in [0, 0.1) is 0 Å². The summed E-state index contributed by atoms with van der Waals surface area (Å²) in [5.41, 5.74) is 0.805. The van der Waals surface area contributed by atoms with E-state index in [1.54, 1.807) is 0 Å². The first-order chi connectivity index (χ1) is 10.1. The van der Waals surface area contributed by atoms with E-state index in [1.165, 1.54) is 0 Å². The van der Waals surface area contributed by atoms with Gasteiger partial charge in [-0.1, -0.05) is 0 Å². The quantitative estimate of drug-likeness (QED) is 0.870. The molecule has 22 heavy (non-hydrogen) atoms. The Balaban J connectivity index is 0.00000242. The predicted molar refractivity (Wildman–Crippen MR) is 92.0 cm³/mol. The van der Waals surface area contributed by atoms with Crippen LogP contribution in [-0.4, -0.2) is 49.1 Å². The molecule has 0 aromatic heterocycles. The van der Waals surface area contributed by atoms with Crippen molar-refractivity contribution in [2.24, 2.45) is 0 Å². The molecule has 1 aromatic rings. The van der Waals surface area contributed by atoms with Gasteiger partial charge in [-0.3, -0.25) is 9.69 Å². The minimum atomic E-state index is 0. The molecule has 1 aromatic carbocycles. The summed E-state index contributed by atoms with van der Waals surface area (Å²) in [6.45, 7) is 9.13. The zero-order chi connectivity index (χ0) is 15.2. The predicted octanol–water partition coefficient (Wildman–Crippen LogP) is 2.13. The number of carbonyl (C=O) groups excluding carboxylic acids is 1. The van der Waals surface area contributed by atoms with Gasteiger partial charge in [-0.05, 0) is 45.0 Å². The normalized spacial score (nSPS) is 21.8. The lowest BCUT2D eigenvalue weighted by atomic mass is 10.1. The molecule has 2 N–H and O–H groups in total. The largest absolute Gasteiger partial charge is 0.494 e. The summed E-state index contributed by atoms with van der Waals surface area (Å²) in [6, 6.07) is 8.32. The lowest BCUT2D eigenvalue weighted by molar-refractivity contribution is -0.117. The van der Waals surface area contributed by atoms with Gasteiger partial charge in [0.15, 0.2) is 0 Å². The number of nitrogens with one attached hydrogen (secondary N) is 2. The molecule has 2 rings (SSSR count). The molecule has 0 aliphatic carbocycles. The second-order valence-corrected chi connectivity index (χ2v) is 5.67. The molecule has 2 unspecified atom stereocenters. The molecule has 124 valence electrons. The first kappa shape index (κ1) is 18.7. The van der Waals surface area contributed by atoms with Crippen molar-refractivity contribution in [2.75, 3.05) is 31.6 Å². The van der Waals surface area contributed by atoms with Crippen LogP contribution >= 0.6 is 12.4 Å². The van der Waals surface area contributed by atoms with Crippen molar-refractivity contribution < 1.29 is 9.53 Å². The van der Waals surface area contributed by atoms with E-state index in [0.717, 1.165) is 24.5 Å². The summed E-state index contributed by atoms with van der Waals surface area (Å²) in [5.74, 6) is 0.848. The van der Waals surface area contributed by atoms with Gasteiger partial charge in [-0.15, -0.1) is 12.4 Å². The highest BCUT2D eigenvalue weighted by Gasteiger charge is 2.22. The molecule has 0 bridgehead atoms. The highest BCUT2D eigenvalue weighted by molar-refractivity contribution is 5.92. The zero-order valence-electron chi connectivity index (χ0n) is 13.5. The standard InChI is InChI=1S/C16H25N3O2.ClH/c1-4-21-15-7-5-14(6-8-15)18-16(20)11-19-9-12(2)17-13(3)10-19;/h5-8,12-13,17H,4,9-11H2,1-3H3,(H,18,20);1H. The zero-order valence-corrected chi connectivity index (χ0v) is 14.3. The first-order valence-electron chi connectivity index (χ1n) is 7.58. The van der Waals surface area contributed by atoms with E-state index in [4.69, 9.17) is 4.74 Å². The lowest BCUT2D eigenvalue weighted by Gasteiger charge is -2.35. The number of benzene rings is 1. The van der Waals surface area contributed by atoms with Gasteiger partial charge in [0.2, 0.25) is 5.91 Å². The summed E-state index contributed by atoms with van der Waals surface area (Å²) in [6.07, 6.45) is 0. The van der Waals surface area contributed by atoms with Crippen LogP contribution in [0.1, 0.15) is 20.8 Å². The van der Waals surface area contributed by atoms with Gasteiger partial charge >= 0.3 is 0 Å². The van der Waals surface area contributed by atoms with Gasteiger partial charge in [-0.2, -0.15) is 0 Å². The number of carbonyl (C=O) groups is 1. The van der Waals surface area contributed by atoms with Crippen LogP contribution in [-0.2, 0) is 4.79 Å². The highest BCUT2D eigenvalue weighted by atomic mass is 35.5. The van der Waals surface area contributed by atoms with E-state index in [2.05, 4.69) is 29.4 Å². The van der Waals surface area contributed by atoms with Crippen molar-refractivity contribution in [1.29, 1.82) is 0 Å². The Hall–Kier alpha value is -1.30. The van der Waals surface area contributed by atoms with Crippen molar-refractivity contribution >= 4 is 24.0 Å². The van der Waals surface area contributed by atoms with Gasteiger partial charge in [0.05, 0.1) is 13.2 Å². The average molecular weight is 328 g/mol. The Bertz CT molecular complexity index is 457. The van der Waals surface area contributed by atoms with Crippen molar-refractivity contribution in [2.45, 2.75) is 32.9 Å². The maximum absolute atomic E-state index is 12.1. The number of rotatable bonds is 5. The third kappa shape index (κ3) is 5.83. The van der Waals surface area contributed by atoms with Crippen LogP contribution in [0.25, 0.3) is 0 Å². The number of ether oxygens (including phenoxy) is 1. The average Bonchev–Trinajstić information content (AvgIpc) is 2.40. The number of anilines is 1. The van der Waals surface area contributed by atoms with Crippen molar-refractivity contribution in [3.05, 3.63) is 24.3 Å². The number of piperazine rings is 1. The number of hydrogen-bond acceptors (Lipinski definition) is 4. The molecule has 1 saturated heterocycles. The topological polar surface area (TPSA) is 53.6 Å². The minimum absolute atomic E-state index is 0. The molecular formula is C16H26ClN3O2. The Morgan fingerprint density at radius 2 is 1.86 bits per heavy atom. The first-order valence-corrected chi connectivity index (χ1v) is 7.58. The van der Waals surface area contributed by atoms with Gasteiger partial charge in [0.1, 0.15) is 5.75 Å². The maximum Gasteiger partial charge on any atom is 0.238 e. The van der Waals surface area contributed by atoms with Crippen LogP contribution in [0.4, 0.5) is 5.69 Å². The van der Waals surface area contributed by atoms with E-state index < -0.39 is 0 Å². The molecule has 5 nitrogen and oxygen atoms in total. The summed E-state index contributed by atoms with van der Waals surface area (Å²) >= 11 is 0. The van der Waals surface area contributed by atoms with Crippen molar-refractivity contribution in [1.82, 2.24) is 10.2 Å². The van der Waals surface area contributed by atoms with Crippen LogP contribution in [0.5, 0.6) is 5.75 Å². The fraction of sp³-hybridized carbons (Fsp3) is 0.562. The Morgan fingerprint density at radius 1 is 1.27 bits per heavy atom. The molecule has 2 atom stereocenters. The fourth-order valence-corrected chi connectivity index (χ4v) is 2.77. The fourth-order valence-electron chi connectivity index (χ4n) is 2.77. The summed E-state index contributed by atoms with van der Waals surface area (Å²) in [4.78, 5) is 14.3. The van der Waals surface area contributed by atoms with Crippen LogP contribution in [0.15, 0.2) is 24.3 Å².